The van der Waals surface area contributed by atoms with Gasteiger partial charge >= 0.3 is 5.97 Å². The Morgan fingerprint density at radius 2 is 1.70 bits per heavy atom. The minimum Gasteiger partial charge on any atom is -0.465 e. The first-order chi connectivity index (χ1) is 10.9. The van der Waals surface area contributed by atoms with Crippen molar-refractivity contribution in [2.75, 3.05) is 12.4 Å². The number of Topliss-reactive ketones (excluding diaryl/α,β-unsaturated/α-hetero) is 1. The van der Waals surface area contributed by atoms with Crippen LogP contribution < -0.4 is 5.32 Å². The van der Waals surface area contributed by atoms with Crippen molar-refractivity contribution in [3.8, 4) is 0 Å². The van der Waals surface area contributed by atoms with Crippen LogP contribution in [0.15, 0.2) is 42.5 Å². The highest BCUT2D eigenvalue weighted by molar-refractivity contribution is 6.34. The standard InChI is InChI=1S/C17H14ClNO4/c1-10(20)11-7-8-14(18)15(9-11)19-16(21)12-5-3-4-6-13(12)17(22)23-2/h3-9H,1-2H3,(H,19,21). The molecule has 5 nitrogen and oxygen atoms in total. The fourth-order valence-electron chi connectivity index (χ4n) is 2.00. The van der Waals surface area contributed by atoms with E-state index in [1.165, 1.54) is 38.3 Å². The van der Waals surface area contributed by atoms with Crippen LogP contribution in [0.5, 0.6) is 0 Å². The molecule has 0 atom stereocenters. The van der Waals surface area contributed by atoms with Crippen molar-refractivity contribution in [1.29, 1.82) is 0 Å². The Balaban J connectivity index is 2.35. The Kier molecular flexibility index (Phi) is 5.13. The zero-order chi connectivity index (χ0) is 17.0. The van der Waals surface area contributed by atoms with Crippen LogP contribution in [0.2, 0.25) is 5.02 Å². The molecule has 0 heterocycles. The molecule has 0 aliphatic rings. The third kappa shape index (κ3) is 3.76. The molecule has 2 rings (SSSR count). The summed E-state index contributed by atoms with van der Waals surface area (Å²) in [6.45, 7) is 1.42. The number of nitrogens with one attached hydrogen (secondary N) is 1. The van der Waals surface area contributed by atoms with Crippen LogP contribution in [0, 0.1) is 0 Å². The van der Waals surface area contributed by atoms with E-state index in [1.54, 1.807) is 18.2 Å². The highest BCUT2D eigenvalue weighted by Crippen LogP contribution is 2.24. The number of esters is 1. The zero-order valence-corrected chi connectivity index (χ0v) is 13.3. The summed E-state index contributed by atoms with van der Waals surface area (Å²) in [7, 11) is 1.24. The quantitative estimate of drug-likeness (QED) is 0.686. The van der Waals surface area contributed by atoms with Gasteiger partial charge in [0.2, 0.25) is 0 Å². The molecule has 1 N–H and O–H groups in total. The number of halogens is 1. The average Bonchev–Trinajstić information content (AvgIpc) is 2.55. The molecule has 6 heteroatoms. The van der Waals surface area contributed by atoms with E-state index in [9.17, 15) is 14.4 Å². The Bertz CT molecular complexity index is 786. The van der Waals surface area contributed by atoms with Crippen molar-refractivity contribution in [3.63, 3.8) is 0 Å². The van der Waals surface area contributed by atoms with Crippen molar-refractivity contribution in [2.45, 2.75) is 6.92 Å². The third-order valence-corrected chi connectivity index (χ3v) is 3.53. The van der Waals surface area contributed by atoms with Gasteiger partial charge in [0.1, 0.15) is 0 Å². The summed E-state index contributed by atoms with van der Waals surface area (Å²) in [5.74, 6) is -1.28. The molecule has 0 radical (unpaired) electrons. The van der Waals surface area contributed by atoms with Gasteiger partial charge in [-0.3, -0.25) is 9.59 Å². The van der Waals surface area contributed by atoms with E-state index in [-0.39, 0.29) is 16.9 Å². The van der Waals surface area contributed by atoms with E-state index in [4.69, 9.17) is 11.6 Å². The highest BCUT2D eigenvalue weighted by atomic mass is 35.5. The van der Waals surface area contributed by atoms with Crippen LogP contribution in [0.3, 0.4) is 0 Å². The number of benzene rings is 2. The van der Waals surface area contributed by atoms with Crippen molar-refractivity contribution in [2.24, 2.45) is 0 Å². The van der Waals surface area contributed by atoms with Gasteiger partial charge in [0, 0.05) is 5.56 Å². The summed E-state index contributed by atoms with van der Waals surface area (Å²) in [6, 6.07) is 10.9. The summed E-state index contributed by atoms with van der Waals surface area (Å²) in [5, 5.41) is 2.90. The normalized spacial score (nSPS) is 10.0. The minimum atomic E-state index is -0.612. The lowest BCUT2D eigenvalue weighted by molar-refractivity contribution is 0.0597. The van der Waals surface area contributed by atoms with Gasteiger partial charge < -0.3 is 10.1 Å². The van der Waals surface area contributed by atoms with Crippen molar-refractivity contribution in [1.82, 2.24) is 0 Å². The number of carbonyl (C=O) groups is 3. The minimum absolute atomic E-state index is 0.145. The molecule has 0 saturated carbocycles. The molecule has 0 spiro atoms. The number of carbonyl (C=O) groups excluding carboxylic acids is 3. The lowest BCUT2D eigenvalue weighted by Gasteiger charge is -2.11. The summed E-state index contributed by atoms with van der Waals surface area (Å²) in [6.07, 6.45) is 0. The van der Waals surface area contributed by atoms with Gasteiger partial charge in [-0.1, -0.05) is 23.7 Å². The molecule has 118 valence electrons. The first-order valence-electron chi connectivity index (χ1n) is 6.73. The smallest absolute Gasteiger partial charge is 0.338 e. The van der Waals surface area contributed by atoms with E-state index >= 15 is 0 Å². The second-order valence-electron chi connectivity index (χ2n) is 4.74. The second-order valence-corrected chi connectivity index (χ2v) is 5.15. The molecule has 0 aromatic heterocycles. The molecule has 2 aromatic carbocycles. The van der Waals surface area contributed by atoms with Crippen LogP contribution >= 0.6 is 11.6 Å². The van der Waals surface area contributed by atoms with Gasteiger partial charge in [0.25, 0.3) is 5.91 Å². The Labute approximate surface area is 138 Å². The van der Waals surface area contributed by atoms with Crippen molar-refractivity contribution < 1.29 is 19.1 Å². The van der Waals surface area contributed by atoms with Crippen molar-refractivity contribution >= 4 is 34.9 Å². The monoisotopic (exact) mass is 331 g/mol. The maximum absolute atomic E-state index is 12.4. The zero-order valence-electron chi connectivity index (χ0n) is 12.6. The summed E-state index contributed by atoms with van der Waals surface area (Å²) < 4.78 is 4.66. The third-order valence-electron chi connectivity index (χ3n) is 3.20. The number of anilines is 1. The van der Waals surface area contributed by atoms with Gasteiger partial charge in [0.15, 0.2) is 5.78 Å². The number of hydrogen-bond donors (Lipinski definition) is 1. The van der Waals surface area contributed by atoms with Gasteiger partial charge in [-0.15, -0.1) is 0 Å². The van der Waals surface area contributed by atoms with Crippen LogP contribution in [0.25, 0.3) is 0 Å². The predicted molar refractivity (Wildman–Crippen MR) is 87.2 cm³/mol. The van der Waals surface area contributed by atoms with Gasteiger partial charge in [0.05, 0.1) is 28.9 Å². The number of hydrogen-bond acceptors (Lipinski definition) is 4. The number of amides is 1. The Morgan fingerprint density at radius 3 is 2.30 bits per heavy atom. The topological polar surface area (TPSA) is 72.5 Å². The van der Waals surface area contributed by atoms with Gasteiger partial charge in [-0.2, -0.15) is 0 Å². The molecule has 0 bridgehead atoms. The van der Waals surface area contributed by atoms with Crippen LogP contribution in [-0.2, 0) is 4.74 Å². The van der Waals surface area contributed by atoms with E-state index in [0.29, 0.717) is 16.3 Å². The molecule has 0 saturated heterocycles. The van der Waals surface area contributed by atoms with E-state index < -0.39 is 11.9 Å². The maximum atomic E-state index is 12.4. The van der Waals surface area contributed by atoms with Crippen molar-refractivity contribution in [3.05, 3.63) is 64.2 Å². The largest absolute Gasteiger partial charge is 0.465 e. The number of ether oxygens (including phenoxy) is 1. The lowest BCUT2D eigenvalue weighted by atomic mass is 10.1. The fraction of sp³-hybridized carbons (Fsp3) is 0.118. The highest BCUT2D eigenvalue weighted by Gasteiger charge is 2.18. The Morgan fingerprint density at radius 1 is 1.04 bits per heavy atom. The van der Waals surface area contributed by atoms with Crippen LogP contribution in [0.4, 0.5) is 5.69 Å². The molecular weight excluding hydrogens is 318 g/mol. The molecule has 0 unspecified atom stereocenters. The SMILES string of the molecule is COC(=O)c1ccccc1C(=O)Nc1cc(C(C)=O)ccc1Cl. The average molecular weight is 332 g/mol. The van der Waals surface area contributed by atoms with E-state index in [2.05, 4.69) is 10.1 Å². The molecule has 1 amide bonds. The number of rotatable bonds is 4. The summed E-state index contributed by atoms with van der Waals surface area (Å²) >= 11 is 6.04. The van der Waals surface area contributed by atoms with Gasteiger partial charge in [-0.25, -0.2) is 4.79 Å². The summed E-state index contributed by atoms with van der Waals surface area (Å²) in [4.78, 5) is 35.6. The summed E-state index contributed by atoms with van der Waals surface area (Å²) in [5.41, 5.74) is 1.02. The molecule has 23 heavy (non-hydrogen) atoms. The van der Waals surface area contributed by atoms with Crippen LogP contribution in [0.1, 0.15) is 38.0 Å². The second kappa shape index (κ2) is 7.07. The molecule has 2 aromatic rings. The number of methoxy groups -OCH3 is 1. The predicted octanol–water partition coefficient (Wildman–Crippen LogP) is 3.58. The first kappa shape index (κ1) is 16.7. The molecule has 0 aliphatic carbocycles. The van der Waals surface area contributed by atoms with E-state index in [1.807, 2.05) is 0 Å². The molecular formula is C17H14ClNO4. The first-order valence-corrected chi connectivity index (χ1v) is 7.11. The molecule has 0 fully saturated rings. The Hall–Kier alpha value is -2.66. The number of ketones is 1. The maximum Gasteiger partial charge on any atom is 0.338 e. The van der Waals surface area contributed by atoms with Crippen LogP contribution in [-0.4, -0.2) is 24.8 Å². The lowest BCUT2D eigenvalue weighted by Crippen LogP contribution is -2.17. The van der Waals surface area contributed by atoms with Gasteiger partial charge in [-0.05, 0) is 37.3 Å². The van der Waals surface area contributed by atoms with E-state index in [0.717, 1.165) is 0 Å². The molecule has 0 aliphatic heterocycles. The fourth-order valence-corrected chi connectivity index (χ4v) is 2.16.